The van der Waals surface area contributed by atoms with Gasteiger partial charge in [-0.05, 0) is 24.6 Å². The summed E-state index contributed by atoms with van der Waals surface area (Å²) in [6.45, 7) is 2.12. The van der Waals surface area contributed by atoms with Gasteiger partial charge in [-0.15, -0.1) is 11.8 Å². The van der Waals surface area contributed by atoms with E-state index in [9.17, 15) is 0 Å². The van der Waals surface area contributed by atoms with Gasteiger partial charge in [0.25, 0.3) is 0 Å². The van der Waals surface area contributed by atoms with Crippen LogP contribution in [0.4, 0.5) is 0 Å². The number of hydrogen-bond donors (Lipinski definition) is 1. The zero-order chi connectivity index (χ0) is 9.68. The second-order valence-corrected chi connectivity index (χ2v) is 4.95. The topological polar surface area (TPSA) is 26.0 Å². The Morgan fingerprint density at radius 1 is 1.54 bits per heavy atom. The first kappa shape index (κ1) is 11.1. The van der Waals surface area contributed by atoms with Crippen LogP contribution in [0, 0.1) is 0 Å². The van der Waals surface area contributed by atoms with Gasteiger partial charge in [0.15, 0.2) is 0 Å². The first-order valence-electron chi connectivity index (χ1n) is 4.36. The van der Waals surface area contributed by atoms with Crippen molar-refractivity contribution >= 4 is 27.7 Å². The first-order chi connectivity index (χ1) is 6.22. The molecule has 0 saturated carbocycles. The van der Waals surface area contributed by atoms with Crippen LogP contribution in [-0.2, 0) is 0 Å². The van der Waals surface area contributed by atoms with Gasteiger partial charge in [0, 0.05) is 21.2 Å². The summed E-state index contributed by atoms with van der Waals surface area (Å²) in [4.78, 5) is 1.28. The minimum Gasteiger partial charge on any atom is -0.327 e. The Morgan fingerprint density at radius 2 is 2.31 bits per heavy atom. The van der Waals surface area contributed by atoms with Gasteiger partial charge >= 0.3 is 0 Å². The van der Waals surface area contributed by atoms with E-state index in [4.69, 9.17) is 5.73 Å². The molecule has 0 saturated heterocycles. The van der Waals surface area contributed by atoms with Crippen LogP contribution < -0.4 is 5.73 Å². The number of hydrogen-bond acceptors (Lipinski definition) is 2. The third kappa shape index (κ3) is 4.16. The molecule has 0 heterocycles. The summed E-state index contributed by atoms with van der Waals surface area (Å²) in [5, 5.41) is 0. The SMILES string of the molecule is CCC(N)CSc1cccc(Br)c1. The van der Waals surface area contributed by atoms with Crippen molar-refractivity contribution in [3.8, 4) is 0 Å². The van der Waals surface area contributed by atoms with Crippen LogP contribution in [-0.4, -0.2) is 11.8 Å². The van der Waals surface area contributed by atoms with Gasteiger partial charge in [-0.2, -0.15) is 0 Å². The maximum absolute atomic E-state index is 5.83. The first-order valence-corrected chi connectivity index (χ1v) is 6.14. The lowest BCUT2D eigenvalue weighted by Crippen LogP contribution is -2.21. The average molecular weight is 260 g/mol. The molecule has 1 atom stereocenters. The van der Waals surface area contributed by atoms with Crippen LogP contribution in [0.15, 0.2) is 33.6 Å². The molecule has 0 spiro atoms. The second-order valence-electron chi connectivity index (χ2n) is 2.94. The molecule has 1 aromatic carbocycles. The zero-order valence-corrected chi connectivity index (χ0v) is 10.1. The summed E-state index contributed by atoms with van der Waals surface area (Å²) in [6, 6.07) is 8.61. The van der Waals surface area contributed by atoms with Crippen molar-refractivity contribution in [1.29, 1.82) is 0 Å². The van der Waals surface area contributed by atoms with Gasteiger partial charge < -0.3 is 5.73 Å². The monoisotopic (exact) mass is 259 g/mol. The van der Waals surface area contributed by atoms with E-state index >= 15 is 0 Å². The molecule has 0 amide bonds. The van der Waals surface area contributed by atoms with Gasteiger partial charge in [0.2, 0.25) is 0 Å². The zero-order valence-electron chi connectivity index (χ0n) is 7.66. The van der Waals surface area contributed by atoms with Gasteiger partial charge in [-0.3, -0.25) is 0 Å². The highest BCUT2D eigenvalue weighted by atomic mass is 79.9. The van der Waals surface area contributed by atoms with Crippen molar-refractivity contribution in [3.05, 3.63) is 28.7 Å². The molecule has 13 heavy (non-hydrogen) atoms. The predicted octanol–water partition coefficient (Wildman–Crippen LogP) is 3.28. The highest BCUT2D eigenvalue weighted by Gasteiger charge is 2.00. The van der Waals surface area contributed by atoms with Gasteiger partial charge in [-0.25, -0.2) is 0 Å². The maximum Gasteiger partial charge on any atom is 0.0186 e. The third-order valence-corrected chi connectivity index (χ3v) is 3.46. The molecule has 0 aromatic heterocycles. The molecule has 72 valence electrons. The van der Waals surface area contributed by atoms with Gasteiger partial charge in [0.05, 0.1) is 0 Å². The van der Waals surface area contributed by atoms with Crippen molar-refractivity contribution in [2.45, 2.75) is 24.3 Å². The Hall–Kier alpha value is 0.01000. The standard InChI is InChI=1S/C10H14BrNS/c1-2-9(12)7-13-10-5-3-4-8(11)6-10/h3-6,9H,2,7,12H2,1H3. The molecular weight excluding hydrogens is 246 g/mol. The maximum atomic E-state index is 5.83. The van der Waals surface area contributed by atoms with Crippen molar-refractivity contribution in [2.24, 2.45) is 5.73 Å². The molecule has 0 aliphatic carbocycles. The molecule has 1 nitrogen and oxygen atoms in total. The molecule has 0 aliphatic rings. The molecular formula is C10H14BrNS. The van der Waals surface area contributed by atoms with E-state index < -0.39 is 0 Å². The van der Waals surface area contributed by atoms with E-state index in [0.29, 0.717) is 6.04 Å². The van der Waals surface area contributed by atoms with Crippen molar-refractivity contribution in [1.82, 2.24) is 0 Å². The minimum absolute atomic E-state index is 0.309. The van der Waals surface area contributed by atoms with Gasteiger partial charge in [0.1, 0.15) is 0 Å². The molecule has 3 heteroatoms. The molecule has 0 bridgehead atoms. The Bertz CT molecular complexity index is 265. The molecule has 2 N–H and O–H groups in total. The van der Waals surface area contributed by atoms with Crippen LogP contribution in [0.3, 0.4) is 0 Å². The molecule has 0 fully saturated rings. The van der Waals surface area contributed by atoms with Crippen molar-refractivity contribution in [3.63, 3.8) is 0 Å². The van der Waals surface area contributed by atoms with E-state index in [-0.39, 0.29) is 0 Å². The van der Waals surface area contributed by atoms with Crippen LogP contribution in [0.5, 0.6) is 0 Å². The number of thioether (sulfide) groups is 1. The number of rotatable bonds is 4. The fraction of sp³-hybridized carbons (Fsp3) is 0.400. The number of halogens is 1. The van der Waals surface area contributed by atoms with E-state index in [0.717, 1.165) is 16.6 Å². The summed E-state index contributed by atoms with van der Waals surface area (Å²) < 4.78 is 1.13. The summed E-state index contributed by atoms with van der Waals surface area (Å²) in [5.41, 5.74) is 5.83. The van der Waals surface area contributed by atoms with Crippen LogP contribution in [0.1, 0.15) is 13.3 Å². The highest BCUT2D eigenvalue weighted by molar-refractivity contribution is 9.10. The predicted molar refractivity (Wildman–Crippen MR) is 63.1 cm³/mol. The lowest BCUT2D eigenvalue weighted by atomic mass is 10.3. The lowest BCUT2D eigenvalue weighted by molar-refractivity contribution is 0.725. The Labute approximate surface area is 92.2 Å². The Balaban J connectivity index is 2.45. The smallest absolute Gasteiger partial charge is 0.0186 e. The summed E-state index contributed by atoms with van der Waals surface area (Å²) >= 11 is 5.25. The van der Waals surface area contributed by atoms with E-state index in [1.807, 2.05) is 23.9 Å². The minimum atomic E-state index is 0.309. The summed E-state index contributed by atoms with van der Waals surface area (Å²) in [6.07, 6.45) is 1.04. The van der Waals surface area contributed by atoms with Crippen molar-refractivity contribution < 1.29 is 0 Å². The van der Waals surface area contributed by atoms with Crippen LogP contribution in [0.25, 0.3) is 0 Å². The van der Waals surface area contributed by atoms with E-state index in [1.165, 1.54) is 4.90 Å². The third-order valence-electron chi connectivity index (χ3n) is 1.78. The number of nitrogens with two attached hydrogens (primary N) is 1. The normalized spacial score (nSPS) is 12.8. The lowest BCUT2D eigenvalue weighted by Gasteiger charge is -2.07. The molecule has 1 aromatic rings. The van der Waals surface area contributed by atoms with E-state index in [2.05, 4.69) is 35.0 Å². The fourth-order valence-corrected chi connectivity index (χ4v) is 2.46. The quantitative estimate of drug-likeness (QED) is 0.841. The largest absolute Gasteiger partial charge is 0.327 e. The van der Waals surface area contributed by atoms with Crippen molar-refractivity contribution in [2.75, 3.05) is 5.75 Å². The fourth-order valence-electron chi connectivity index (χ4n) is 0.878. The molecule has 0 aliphatic heterocycles. The molecule has 1 unspecified atom stereocenters. The highest BCUT2D eigenvalue weighted by Crippen LogP contribution is 2.22. The average Bonchev–Trinajstić information content (AvgIpc) is 2.14. The molecule has 0 radical (unpaired) electrons. The Kier molecular flexibility index (Phi) is 4.84. The molecule has 1 rings (SSSR count). The van der Waals surface area contributed by atoms with E-state index in [1.54, 1.807) is 0 Å². The summed E-state index contributed by atoms with van der Waals surface area (Å²) in [5.74, 6) is 0.993. The van der Waals surface area contributed by atoms with Crippen LogP contribution in [0.2, 0.25) is 0 Å². The second kappa shape index (κ2) is 5.68. The number of benzene rings is 1. The van der Waals surface area contributed by atoms with Gasteiger partial charge in [-0.1, -0.05) is 28.9 Å². The summed E-state index contributed by atoms with van der Waals surface area (Å²) in [7, 11) is 0. The Morgan fingerprint density at radius 3 is 2.92 bits per heavy atom. The van der Waals surface area contributed by atoms with Crippen LogP contribution >= 0.6 is 27.7 Å².